The highest BCUT2D eigenvalue weighted by molar-refractivity contribution is 5.83. The van der Waals surface area contributed by atoms with Gasteiger partial charge in [-0.3, -0.25) is 4.79 Å². The van der Waals surface area contributed by atoms with Crippen molar-refractivity contribution in [3.8, 4) is 0 Å². The lowest BCUT2D eigenvalue weighted by Gasteiger charge is -2.24. The second-order valence-electron chi connectivity index (χ2n) is 3.97. The fraction of sp³-hybridized carbons (Fsp3) is 0.700. The van der Waals surface area contributed by atoms with Gasteiger partial charge in [0.25, 0.3) is 0 Å². The lowest BCUT2D eigenvalue weighted by atomic mass is 10.1. The highest BCUT2D eigenvalue weighted by Crippen LogP contribution is 2.16. The standard InChI is InChI=1S/C10H16F3N3O4/c1-2-16(5-10(11,12)13)9(20)15-6(8(18)19)3-4-7(14)17/h6H,2-5H2,1H3,(H2,14,17)(H,15,20)(H,18,19)/t6-/m0/s1. The second kappa shape index (κ2) is 7.56. The maximum atomic E-state index is 12.2. The van der Waals surface area contributed by atoms with Gasteiger partial charge in [0.05, 0.1) is 0 Å². The summed E-state index contributed by atoms with van der Waals surface area (Å²) in [5.74, 6) is -2.23. The number of hydrogen-bond acceptors (Lipinski definition) is 3. The number of carbonyl (C=O) groups excluding carboxylic acids is 2. The fourth-order valence-corrected chi connectivity index (χ4v) is 1.33. The molecule has 0 bridgehead atoms. The van der Waals surface area contributed by atoms with E-state index in [0.717, 1.165) is 0 Å². The molecular formula is C10H16F3N3O4. The summed E-state index contributed by atoms with van der Waals surface area (Å²) in [6, 6.07) is -2.64. The molecule has 0 fully saturated rings. The van der Waals surface area contributed by atoms with Crippen molar-refractivity contribution in [2.24, 2.45) is 5.73 Å². The van der Waals surface area contributed by atoms with Gasteiger partial charge in [-0.2, -0.15) is 13.2 Å². The molecule has 1 atom stereocenters. The van der Waals surface area contributed by atoms with Crippen molar-refractivity contribution in [3.05, 3.63) is 0 Å². The van der Waals surface area contributed by atoms with E-state index in [-0.39, 0.29) is 19.4 Å². The molecule has 3 amide bonds. The van der Waals surface area contributed by atoms with E-state index in [1.165, 1.54) is 6.92 Å². The lowest BCUT2D eigenvalue weighted by molar-refractivity contribution is -0.140. The van der Waals surface area contributed by atoms with Gasteiger partial charge < -0.3 is 21.1 Å². The highest BCUT2D eigenvalue weighted by atomic mass is 19.4. The molecule has 0 rings (SSSR count). The first-order chi connectivity index (χ1) is 9.06. The van der Waals surface area contributed by atoms with Gasteiger partial charge in [-0.25, -0.2) is 9.59 Å². The minimum Gasteiger partial charge on any atom is -0.480 e. The van der Waals surface area contributed by atoms with Crippen LogP contribution in [0.15, 0.2) is 0 Å². The minimum absolute atomic E-state index is 0.243. The molecular weight excluding hydrogens is 283 g/mol. The van der Waals surface area contributed by atoms with Gasteiger partial charge in [0.1, 0.15) is 12.6 Å². The molecule has 0 saturated carbocycles. The maximum absolute atomic E-state index is 12.2. The maximum Gasteiger partial charge on any atom is 0.406 e. The van der Waals surface area contributed by atoms with E-state index in [1.807, 2.05) is 5.32 Å². The normalized spacial score (nSPS) is 12.6. The molecule has 0 aliphatic rings. The van der Waals surface area contributed by atoms with Gasteiger partial charge in [-0.15, -0.1) is 0 Å². The van der Waals surface area contributed by atoms with Crippen molar-refractivity contribution in [1.82, 2.24) is 10.2 Å². The summed E-state index contributed by atoms with van der Waals surface area (Å²) in [4.78, 5) is 33.3. The molecule has 0 saturated heterocycles. The first-order valence-electron chi connectivity index (χ1n) is 5.70. The third-order valence-corrected chi connectivity index (χ3v) is 2.31. The number of aliphatic carboxylic acids is 1. The summed E-state index contributed by atoms with van der Waals surface area (Å²) in [5, 5.41) is 10.7. The van der Waals surface area contributed by atoms with E-state index >= 15 is 0 Å². The molecule has 20 heavy (non-hydrogen) atoms. The van der Waals surface area contributed by atoms with Crippen LogP contribution in [0.3, 0.4) is 0 Å². The Morgan fingerprint density at radius 2 is 1.90 bits per heavy atom. The zero-order valence-electron chi connectivity index (χ0n) is 10.7. The number of urea groups is 1. The van der Waals surface area contributed by atoms with Crippen LogP contribution in [0.2, 0.25) is 0 Å². The molecule has 10 heteroatoms. The van der Waals surface area contributed by atoms with Crippen LogP contribution in [-0.4, -0.2) is 53.2 Å². The predicted molar refractivity (Wildman–Crippen MR) is 61.7 cm³/mol. The topological polar surface area (TPSA) is 113 Å². The Balaban J connectivity index is 4.64. The Labute approximate surface area is 112 Å². The average Bonchev–Trinajstić information content (AvgIpc) is 2.29. The number of carboxylic acids is 1. The number of primary amides is 1. The van der Waals surface area contributed by atoms with Crippen molar-refractivity contribution in [3.63, 3.8) is 0 Å². The van der Waals surface area contributed by atoms with E-state index in [2.05, 4.69) is 0 Å². The molecule has 0 aromatic rings. The summed E-state index contributed by atoms with van der Waals surface area (Å²) >= 11 is 0. The number of nitrogens with one attached hydrogen (secondary N) is 1. The number of amides is 3. The molecule has 0 radical (unpaired) electrons. The number of hydrogen-bond donors (Lipinski definition) is 3. The van der Waals surface area contributed by atoms with Crippen molar-refractivity contribution in [2.75, 3.05) is 13.1 Å². The SMILES string of the molecule is CCN(CC(F)(F)F)C(=O)N[C@@H](CCC(N)=O)C(=O)O. The number of alkyl halides is 3. The zero-order chi connectivity index (χ0) is 15.9. The summed E-state index contributed by atoms with van der Waals surface area (Å²) < 4.78 is 36.6. The first-order valence-corrected chi connectivity index (χ1v) is 5.70. The van der Waals surface area contributed by atoms with E-state index < -0.39 is 36.7 Å². The number of carboxylic acid groups (broad SMARTS) is 1. The van der Waals surface area contributed by atoms with Crippen LogP contribution in [-0.2, 0) is 9.59 Å². The number of carbonyl (C=O) groups is 3. The van der Waals surface area contributed by atoms with Gasteiger partial charge in [0.2, 0.25) is 5.91 Å². The molecule has 0 aromatic carbocycles. The Kier molecular flexibility index (Phi) is 6.80. The molecule has 0 aliphatic heterocycles. The van der Waals surface area contributed by atoms with Gasteiger partial charge in [-0.05, 0) is 13.3 Å². The van der Waals surface area contributed by atoms with Gasteiger partial charge in [0.15, 0.2) is 0 Å². The van der Waals surface area contributed by atoms with Crippen LogP contribution < -0.4 is 11.1 Å². The van der Waals surface area contributed by atoms with Crippen LogP contribution in [0.25, 0.3) is 0 Å². The van der Waals surface area contributed by atoms with E-state index in [9.17, 15) is 27.6 Å². The van der Waals surface area contributed by atoms with Crippen molar-refractivity contribution < 1.29 is 32.7 Å². The highest BCUT2D eigenvalue weighted by Gasteiger charge is 2.33. The van der Waals surface area contributed by atoms with E-state index in [4.69, 9.17) is 10.8 Å². The van der Waals surface area contributed by atoms with E-state index in [1.54, 1.807) is 0 Å². The Bertz CT molecular complexity index is 373. The Hall–Kier alpha value is -2.00. The van der Waals surface area contributed by atoms with Gasteiger partial charge in [-0.1, -0.05) is 0 Å². The van der Waals surface area contributed by atoms with Crippen LogP contribution in [0.1, 0.15) is 19.8 Å². The third kappa shape index (κ3) is 7.44. The number of nitrogens with zero attached hydrogens (tertiary/aromatic N) is 1. The van der Waals surface area contributed by atoms with Crippen LogP contribution in [0.4, 0.5) is 18.0 Å². The lowest BCUT2D eigenvalue weighted by Crippen LogP contribution is -2.50. The van der Waals surface area contributed by atoms with Gasteiger partial charge >= 0.3 is 18.2 Å². The summed E-state index contributed by atoms with van der Waals surface area (Å²) in [6.45, 7) is -0.407. The molecule has 0 heterocycles. The predicted octanol–water partition coefficient (Wildman–Crippen LogP) is 0.299. The number of nitrogens with two attached hydrogens (primary N) is 1. The summed E-state index contributed by atoms with van der Waals surface area (Å²) in [6.07, 6.45) is -5.18. The number of rotatable bonds is 7. The van der Waals surface area contributed by atoms with E-state index in [0.29, 0.717) is 4.90 Å². The average molecular weight is 299 g/mol. The summed E-state index contributed by atoms with van der Waals surface area (Å²) in [7, 11) is 0. The van der Waals surface area contributed by atoms with Crippen LogP contribution >= 0.6 is 0 Å². The quantitative estimate of drug-likeness (QED) is 0.627. The third-order valence-electron chi connectivity index (χ3n) is 2.31. The van der Waals surface area contributed by atoms with Crippen LogP contribution in [0.5, 0.6) is 0 Å². The minimum atomic E-state index is -4.58. The molecule has 7 nitrogen and oxygen atoms in total. The smallest absolute Gasteiger partial charge is 0.406 e. The van der Waals surface area contributed by atoms with Crippen molar-refractivity contribution in [1.29, 1.82) is 0 Å². The van der Waals surface area contributed by atoms with Crippen LogP contribution in [0, 0.1) is 0 Å². The summed E-state index contributed by atoms with van der Waals surface area (Å²) in [5.41, 5.74) is 4.84. The first kappa shape index (κ1) is 18.0. The monoisotopic (exact) mass is 299 g/mol. The fourth-order valence-electron chi connectivity index (χ4n) is 1.33. The van der Waals surface area contributed by atoms with Crippen molar-refractivity contribution >= 4 is 17.9 Å². The molecule has 0 spiro atoms. The van der Waals surface area contributed by atoms with Crippen molar-refractivity contribution in [2.45, 2.75) is 32.0 Å². The molecule has 116 valence electrons. The largest absolute Gasteiger partial charge is 0.480 e. The Morgan fingerprint density at radius 1 is 1.35 bits per heavy atom. The molecule has 0 aromatic heterocycles. The van der Waals surface area contributed by atoms with Gasteiger partial charge in [0, 0.05) is 13.0 Å². The number of halogens is 3. The molecule has 4 N–H and O–H groups in total. The Morgan fingerprint density at radius 3 is 2.25 bits per heavy atom. The molecule has 0 aliphatic carbocycles. The molecule has 0 unspecified atom stereocenters. The zero-order valence-corrected chi connectivity index (χ0v) is 10.7. The second-order valence-corrected chi connectivity index (χ2v) is 3.97.